The van der Waals surface area contributed by atoms with Crippen LogP contribution in [0.5, 0.6) is 0 Å². The number of primary amides is 1. The predicted octanol–water partition coefficient (Wildman–Crippen LogP) is 2.55. The number of carbonyl (C=O) groups is 8. The van der Waals surface area contributed by atoms with Crippen LogP contribution < -0.4 is 37.6 Å². The Morgan fingerprint density at radius 2 is 1.28 bits per heavy atom. The molecule has 17 nitrogen and oxygen atoms in total. The van der Waals surface area contributed by atoms with E-state index in [1.54, 1.807) is 42.5 Å². The fourth-order valence-corrected chi connectivity index (χ4v) is 7.96. The average molecular weight is 939 g/mol. The van der Waals surface area contributed by atoms with Crippen molar-refractivity contribution in [3.63, 3.8) is 0 Å². The highest BCUT2D eigenvalue weighted by molar-refractivity contribution is 6.30. The number of hydrogen-bond acceptors (Lipinski definition) is 9. The fourth-order valence-electron chi connectivity index (χ4n) is 7.83. The van der Waals surface area contributed by atoms with Crippen LogP contribution in [0, 0.1) is 0 Å². The molecule has 0 unspecified atom stereocenters. The molecule has 8 N–H and O–H groups in total. The van der Waals surface area contributed by atoms with Gasteiger partial charge in [0.05, 0.1) is 0 Å². The molecule has 1 aliphatic heterocycles. The molecular weight excluding hydrogens is 878 g/mol. The molecule has 0 aliphatic carbocycles. The van der Waals surface area contributed by atoms with E-state index in [0.717, 1.165) is 16.3 Å². The third-order valence-electron chi connectivity index (χ3n) is 11.5. The van der Waals surface area contributed by atoms with Crippen molar-refractivity contribution >= 4 is 69.6 Å². The van der Waals surface area contributed by atoms with Gasteiger partial charge in [0.1, 0.15) is 42.3 Å². The van der Waals surface area contributed by atoms with E-state index in [1.807, 2.05) is 49.4 Å². The van der Waals surface area contributed by atoms with Gasteiger partial charge in [-0.2, -0.15) is 0 Å². The zero-order valence-electron chi connectivity index (χ0n) is 38.2. The summed E-state index contributed by atoms with van der Waals surface area (Å²) in [6, 6.07) is 17.5. The van der Waals surface area contributed by atoms with Gasteiger partial charge in [-0.25, -0.2) is 0 Å². The smallest absolute Gasteiger partial charge is 0.245 e. The quantitative estimate of drug-likeness (QED) is 0.0611. The molecule has 7 atom stereocenters. The third-order valence-corrected chi connectivity index (χ3v) is 11.8. The molecule has 0 spiro atoms. The average Bonchev–Trinajstić information content (AvgIpc) is 3.80. The van der Waals surface area contributed by atoms with Crippen molar-refractivity contribution in [2.45, 2.75) is 121 Å². The van der Waals surface area contributed by atoms with Crippen molar-refractivity contribution in [3.8, 4) is 0 Å². The molecule has 67 heavy (non-hydrogen) atoms. The predicted molar refractivity (Wildman–Crippen MR) is 253 cm³/mol. The highest BCUT2D eigenvalue weighted by Crippen LogP contribution is 2.21. The summed E-state index contributed by atoms with van der Waals surface area (Å²) in [5.41, 5.74) is 7.19. The number of nitrogens with two attached hydrogens (primary N) is 1. The molecule has 1 aliphatic rings. The number of hydrogen-bond donors (Lipinski definition) is 7. The Bertz CT molecular complexity index is 2400. The van der Waals surface area contributed by atoms with Crippen molar-refractivity contribution in [2.75, 3.05) is 6.54 Å². The van der Waals surface area contributed by atoms with Crippen LogP contribution in [0.2, 0.25) is 5.02 Å². The van der Waals surface area contributed by atoms with Crippen molar-refractivity contribution in [3.05, 3.63) is 113 Å². The minimum Gasteiger partial charge on any atom is -0.368 e. The van der Waals surface area contributed by atoms with Gasteiger partial charge in [0.25, 0.3) is 0 Å². The van der Waals surface area contributed by atoms with Crippen LogP contribution in [-0.2, 0) is 57.6 Å². The highest BCUT2D eigenvalue weighted by atomic mass is 35.5. The normalized spacial score (nSPS) is 16.0. The lowest BCUT2D eigenvalue weighted by atomic mass is 9.99. The number of benzene rings is 3. The molecule has 5 rings (SSSR count). The molecule has 3 aromatic carbocycles. The largest absolute Gasteiger partial charge is 0.368 e. The Kier molecular flexibility index (Phi) is 18.8. The van der Waals surface area contributed by atoms with Gasteiger partial charge >= 0.3 is 0 Å². The maximum Gasteiger partial charge on any atom is 0.245 e. The number of pyridine rings is 1. The summed E-state index contributed by atoms with van der Waals surface area (Å²) in [5, 5.41) is 18.7. The summed E-state index contributed by atoms with van der Waals surface area (Å²) in [4.78, 5) is 113. The minimum atomic E-state index is -1.31. The van der Waals surface area contributed by atoms with Gasteiger partial charge in [-0.05, 0) is 79.3 Å². The second-order valence-corrected chi connectivity index (χ2v) is 17.3. The van der Waals surface area contributed by atoms with Crippen LogP contribution >= 0.6 is 11.6 Å². The van der Waals surface area contributed by atoms with Gasteiger partial charge in [0, 0.05) is 49.6 Å². The first-order valence-electron chi connectivity index (χ1n) is 22.5. The number of aromatic nitrogens is 1. The molecule has 1 saturated heterocycles. The molecule has 356 valence electrons. The summed E-state index contributed by atoms with van der Waals surface area (Å²) >= 11 is 6.16. The van der Waals surface area contributed by atoms with E-state index in [4.69, 9.17) is 17.3 Å². The van der Waals surface area contributed by atoms with Gasteiger partial charge in [0.2, 0.25) is 47.3 Å². The van der Waals surface area contributed by atoms with E-state index >= 15 is 0 Å². The number of nitrogens with one attached hydrogen (secondary N) is 6. The highest BCUT2D eigenvalue weighted by Gasteiger charge is 2.39. The molecular formula is C49H60ClN9O8. The maximum absolute atomic E-state index is 14.4. The Morgan fingerprint density at radius 3 is 1.93 bits per heavy atom. The van der Waals surface area contributed by atoms with Crippen LogP contribution in [0.25, 0.3) is 10.8 Å². The van der Waals surface area contributed by atoms with Crippen LogP contribution in [0.4, 0.5) is 0 Å². The van der Waals surface area contributed by atoms with Crippen LogP contribution in [-0.4, -0.2) is 106 Å². The van der Waals surface area contributed by atoms with Crippen LogP contribution in [0.15, 0.2) is 91.1 Å². The van der Waals surface area contributed by atoms with Gasteiger partial charge in [0.15, 0.2) is 0 Å². The number of fused-ring (bicyclic) bond motifs is 1. The topological polar surface area (TPSA) is 251 Å². The molecule has 0 saturated carbocycles. The van der Waals surface area contributed by atoms with E-state index in [9.17, 15) is 38.4 Å². The van der Waals surface area contributed by atoms with E-state index < -0.39 is 89.6 Å². The molecule has 1 fully saturated rings. The number of carbonyl (C=O) groups excluding carboxylic acids is 8. The van der Waals surface area contributed by atoms with E-state index in [2.05, 4.69) is 36.9 Å². The second kappa shape index (κ2) is 24.6. The van der Waals surface area contributed by atoms with Crippen molar-refractivity contribution in [1.82, 2.24) is 41.8 Å². The lowest BCUT2D eigenvalue weighted by Gasteiger charge is -2.30. The zero-order valence-corrected chi connectivity index (χ0v) is 38.9. The van der Waals surface area contributed by atoms with Gasteiger partial charge < -0.3 is 42.5 Å². The maximum atomic E-state index is 14.4. The Labute approximate surface area is 395 Å². The first kappa shape index (κ1) is 51.1. The first-order valence-corrected chi connectivity index (χ1v) is 22.9. The molecule has 4 aromatic rings. The molecule has 1 aromatic heterocycles. The summed E-state index contributed by atoms with van der Waals surface area (Å²) in [5.74, 6) is -4.98. The SMILES string of the molecule is CCCC[C@H](NC(=O)[C@@H](C)NC(=O)[C@@H](Cc1ccccn1)NC(=O)[C@@H](Cc1ccc(Cl)cc1)NC(=O)[C@@H](Cc1ccc2ccccc2c1)NC(C)=O)C(=O)N1CCC[C@H]1C(=O)N[C@H](C)C(N)=O. The lowest BCUT2D eigenvalue weighted by Crippen LogP contribution is -2.60. The second-order valence-electron chi connectivity index (χ2n) is 16.9. The standard InChI is InChI=1S/C49H60ClN9O8/c1-5-6-15-38(49(67)59-24-11-16-42(59)48(66)53-29(2)43(51)61)56-44(62)30(3)54-45(63)41(28-37-14-9-10-23-52-37)58-47(65)40(26-32-18-21-36(50)22-19-32)57-46(64)39(55-31(4)60)27-33-17-20-34-12-7-8-13-35(34)25-33/h7-10,12-14,17-23,25,29-30,38-42H,5-6,11,15-16,24,26-28H2,1-4H3,(H2,51,61)(H,53,66)(H,54,63)(H,55,60)(H,56,62)(H,57,64)(H,58,65)/t29-,30-,38+,39-,40-,41-,42+/m1/s1. The van der Waals surface area contributed by atoms with Crippen molar-refractivity contribution in [2.24, 2.45) is 5.73 Å². The fraction of sp³-hybridized carbons (Fsp3) is 0.408. The monoisotopic (exact) mass is 937 g/mol. The first-order chi connectivity index (χ1) is 32.0. The van der Waals surface area contributed by atoms with Crippen molar-refractivity contribution in [1.29, 1.82) is 0 Å². The van der Waals surface area contributed by atoms with Crippen molar-refractivity contribution < 1.29 is 38.4 Å². The number of nitrogens with zero attached hydrogens (tertiary/aromatic N) is 2. The Morgan fingerprint density at radius 1 is 0.687 bits per heavy atom. The summed E-state index contributed by atoms with van der Waals surface area (Å²) in [6.07, 6.45) is 3.95. The summed E-state index contributed by atoms with van der Waals surface area (Å²) in [6.45, 7) is 6.37. The summed E-state index contributed by atoms with van der Waals surface area (Å²) < 4.78 is 0. The summed E-state index contributed by atoms with van der Waals surface area (Å²) in [7, 11) is 0. The van der Waals surface area contributed by atoms with Gasteiger partial charge in [-0.1, -0.05) is 92.0 Å². The molecule has 2 heterocycles. The minimum absolute atomic E-state index is 0.0227. The Balaban J connectivity index is 1.34. The van der Waals surface area contributed by atoms with E-state index in [-0.39, 0.29) is 32.2 Å². The Hall–Kier alpha value is -6.88. The molecule has 0 radical (unpaired) electrons. The number of likely N-dealkylation sites (tertiary alicyclic amines) is 1. The number of halogens is 1. The van der Waals surface area contributed by atoms with E-state index in [0.29, 0.717) is 42.0 Å². The van der Waals surface area contributed by atoms with Crippen LogP contribution in [0.1, 0.15) is 76.6 Å². The molecule has 0 bridgehead atoms. The molecule has 8 amide bonds. The van der Waals surface area contributed by atoms with Crippen LogP contribution in [0.3, 0.4) is 0 Å². The van der Waals surface area contributed by atoms with Gasteiger partial charge in [-0.15, -0.1) is 0 Å². The molecule has 18 heteroatoms. The number of amides is 8. The van der Waals surface area contributed by atoms with Gasteiger partial charge in [-0.3, -0.25) is 43.3 Å². The number of unbranched alkanes of at least 4 members (excludes halogenated alkanes) is 1. The lowest BCUT2D eigenvalue weighted by molar-refractivity contribution is -0.142. The third kappa shape index (κ3) is 15.1. The van der Waals surface area contributed by atoms with E-state index in [1.165, 1.54) is 31.9 Å². The zero-order chi connectivity index (χ0) is 48.6. The number of rotatable bonds is 22.